The maximum absolute atomic E-state index is 14.3. The molecule has 5 heteroatoms. The normalized spacial score (nSPS) is 11.2. The van der Waals surface area contributed by atoms with Gasteiger partial charge in [0, 0.05) is 22.8 Å². The van der Waals surface area contributed by atoms with Gasteiger partial charge >= 0.3 is 0 Å². The molecular formula is C23H19F3O2. The molecule has 0 atom stereocenters. The summed E-state index contributed by atoms with van der Waals surface area (Å²) in [6.07, 6.45) is 3.08. The van der Waals surface area contributed by atoms with E-state index < -0.39 is 18.2 Å². The molecule has 3 rings (SSSR count). The first-order valence-electron chi connectivity index (χ1n) is 8.82. The highest BCUT2D eigenvalue weighted by Gasteiger charge is 2.11. The summed E-state index contributed by atoms with van der Waals surface area (Å²) in [6.45, 7) is 1.74. The van der Waals surface area contributed by atoms with Gasteiger partial charge in [-0.15, -0.1) is 0 Å². The van der Waals surface area contributed by atoms with Crippen LogP contribution in [-0.2, 0) is 6.61 Å². The van der Waals surface area contributed by atoms with E-state index in [4.69, 9.17) is 9.84 Å². The number of aliphatic hydroxyl groups excluding tert-OH is 1. The quantitative estimate of drug-likeness (QED) is 0.542. The zero-order valence-electron chi connectivity index (χ0n) is 15.3. The number of hydrogen-bond donors (Lipinski definition) is 1. The number of benzene rings is 3. The maximum Gasteiger partial charge on any atom is 0.166 e. The Kier molecular flexibility index (Phi) is 6.16. The summed E-state index contributed by atoms with van der Waals surface area (Å²) in [5, 5.41) is 8.96. The van der Waals surface area contributed by atoms with Crippen molar-refractivity contribution in [3.8, 4) is 16.9 Å². The van der Waals surface area contributed by atoms with Crippen LogP contribution in [0.1, 0.15) is 23.6 Å². The van der Waals surface area contributed by atoms with Crippen molar-refractivity contribution in [2.24, 2.45) is 0 Å². The molecule has 0 unspecified atom stereocenters. The molecule has 0 bridgehead atoms. The smallest absolute Gasteiger partial charge is 0.166 e. The lowest BCUT2D eigenvalue weighted by atomic mass is 10.0. The molecule has 0 aliphatic heterocycles. The first kappa shape index (κ1) is 19.7. The van der Waals surface area contributed by atoms with E-state index in [0.717, 1.165) is 5.56 Å². The van der Waals surface area contributed by atoms with Crippen molar-refractivity contribution in [3.05, 3.63) is 88.7 Å². The summed E-state index contributed by atoms with van der Waals surface area (Å²) in [6, 6.07) is 14.5. The standard InChI is InChI=1S/C23H19F3O2/c1-2-28-19-11-12-20(21(24)13-19)16-6-3-15(4-7-16)5-8-17-9-10-18(14-27)23(26)22(17)25/h3-13,27H,2,14H2,1H3/b8-5+. The highest BCUT2D eigenvalue weighted by molar-refractivity contribution is 5.72. The first-order valence-corrected chi connectivity index (χ1v) is 8.82. The fourth-order valence-corrected chi connectivity index (χ4v) is 2.80. The van der Waals surface area contributed by atoms with Crippen LogP contribution in [0.2, 0.25) is 0 Å². The fourth-order valence-electron chi connectivity index (χ4n) is 2.80. The fraction of sp³-hybridized carbons (Fsp3) is 0.130. The van der Waals surface area contributed by atoms with Crippen molar-refractivity contribution < 1.29 is 23.0 Å². The molecule has 0 saturated carbocycles. The Morgan fingerprint density at radius 3 is 2.29 bits per heavy atom. The van der Waals surface area contributed by atoms with Gasteiger partial charge in [0.1, 0.15) is 11.6 Å². The number of ether oxygens (including phenoxy) is 1. The van der Waals surface area contributed by atoms with Gasteiger partial charge in [-0.25, -0.2) is 13.2 Å². The first-order chi connectivity index (χ1) is 13.5. The zero-order chi connectivity index (χ0) is 20.1. The van der Waals surface area contributed by atoms with E-state index in [2.05, 4.69) is 0 Å². The molecule has 144 valence electrons. The van der Waals surface area contributed by atoms with Gasteiger partial charge in [0.15, 0.2) is 11.6 Å². The molecule has 0 amide bonds. The van der Waals surface area contributed by atoms with E-state index >= 15 is 0 Å². The van der Waals surface area contributed by atoms with Gasteiger partial charge in [-0.3, -0.25) is 0 Å². The van der Waals surface area contributed by atoms with E-state index in [1.807, 2.05) is 6.92 Å². The average Bonchev–Trinajstić information content (AvgIpc) is 2.70. The van der Waals surface area contributed by atoms with Gasteiger partial charge in [-0.2, -0.15) is 0 Å². The molecule has 0 fully saturated rings. The number of aliphatic hydroxyl groups is 1. The van der Waals surface area contributed by atoms with E-state index in [9.17, 15) is 13.2 Å². The van der Waals surface area contributed by atoms with Gasteiger partial charge in [0.25, 0.3) is 0 Å². The lowest BCUT2D eigenvalue weighted by Crippen LogP contribution is -1.96. The van der Waals surface area contributed by atoms with Gasteiger partial charge in [0.05, 0.1) is 13.2 Å². The molecule has 3 aromatic carbocycles. The summed E-state index contributed by atoms with van der Waals surface area (Å²) in [5.41, 5.74) is 1.89. The van der Waals surface area contributed by atoms with Crippen LogP contribution in [0.3, 0.4) is 0 Å². The van der Waals surface area contributed by atoms with E-state index in [1.165, 1.54) is 24.3 Å². The molecular weight excluding hydrogens is 365 g/mol. The van der Waals surface area contributed by atoms with Crippen molar-refractivity contribution in [3.63, 3.8) is 0 Å². The molecule has 0 saturated heterocycles. The van der Waals surface area contributed by atoms with E-state index in [-0.39, 0.29) is 16.9 Å². The zero-order valence-corrected chi connectivity index (χ0v) is 15.3. The molecule has 2 nitrogen and oxygen atoms in total. The summed E-state index contributed by atoms with van der Waals surface area (Å²) in [4.78, 5) is 0. The van der Waals surface area contributed by atoms with Crippen LogP contribution in [0.4, 0.5) is 13.2 Å². The minimum atomic E-state index is -1.05. The SMILES string of the molecule is CCOc1ccc(-c2ccc(/C=C/c3ccc(CO)c(F)c3F)cc2)c(F)c1. The molecule has 0 aliphatic rings. The Balaban J connectivity index is 1.80. The average molecular weight is 384 g/mol. The Morgan fingerprint density at radius 1 is 0.893 bits per heavy atom. The van der Waals surface area contributed by atoms with Crippen LogP contribution in [0.5, 0.6) is 5.75 Å². The summed E-state index contributed by atoms with van der Waals surface area (Å²) >= 11 is 0. The Bertz CT molecular complexity index is 995. The topological polar surface area (TPSA) is 29.5 Å². The molecule has 0 aliphatic carbocycles. The second kappa shape index (κ2) is 8.76. The van der Waals surface area contributed by atoms with Crippen molar-refractivity contribution in [1.29, 1.82) is 0 Å². The maximum atomic E-state index is 14.3. The highest BCUT2D eigenvalue weighted by Crippen LogP contribution is 2.27. The Hall–Kier alpha value is -3.05. The molecule has 0 heterocycles. The molecule has 0 aromatic heterocycles. The van der Waals surface area contributed by atoms with E-state index in [1.54, 1.807) is 42.5 Å². The molecule has 0 radical (unpaired) electrons. The number of rotatable bonds is 6. The summed E-state index contributed by atoms with van der Waals surface area (Å²) < 4.78 is 47.3. The van der Waals surface area contributed by atoms with Crippen LogP contribution in [-0.4, -0.2) is 11.7 Å². The number of hydrogen-bond acceptors (Lipinski definition) is 2. The lowest BCUT2D eigenvalue weighted by Gasteiger charge is -2.07. The van der Waals surface area contributed by atoms with Crippen LogP contribution < -0.4 is 4.74 Å². The second-order valence-corrected chi connectivity index (χ2v) is 6.13. The minimum absolute atomic E-state index is 0.0799. The second-order valence-electron chi connectivity index (χ2n) is 6.13. The van der Waals surface area contributed by atoms with Crippen LogP contribution in [0, 0.1) is 17.5 Å². The Labute approximate surface area is 161 Å². The van der Waals surface area contributed by atoms with Crippen molar-refractivity contribution >= 4 is 12.2 Å². The molecule has 0 spiro atoms. The third-order valence-electron chi connectivity index (χ3n) is 4.29. The monoisotopic (exact) mass is 384 g/mol. The number of halogens is 3. The highest BCUT2D eigenvalue weighted by atomic mass is 19.2. The predicted molar refractivity (Wildman–Crippen MR) is 104 cm³/mol. The third-order valence-corrected chi connectivity index (χ3v) is 4.29. The Morgan fingerprint density at radius 2 is 1.64 bits per heavy atom. The third kappa shape index (κ3) is 4.26. The van der Waals surface area contributed by atoms with Crippen LogP contribution in [0.15, 0.2) is 54.6 Å². The van der Waals surface area contributed by atoms with Gasteiger partial charge in [-0.1, -0.05) is 48.6 Å². The molecule has 1 N–H and O–H groups in total. The van der Waals surface area contributed by atoms with Gasteiger partial charge in [-0.05, 0) is 30.2 Å². The predicted octanol–water partition coefficient (Wildman–Crippen LogP) is 5.83. The van der Waals surface area contributed by atoms with Crippen molar-refractivity contribution in [2.45, 2.75) is 13.5 Å². The molecule has 3 aromatic rings. The van der Waals surface area contributed by atoms with E-state index in [0.29, 0.717) is 23.5 Å². The molecule has 28 heavy (non-hydrogen) atoms. The van der Waals surface area contributed by atoms with Gasteiger partial charge < -0.3 is 9.84 Å². The summed E-state index contributed by atoms with van der Waals surface area (Å²) in [5.74, 6) is -1.96. The van der Waals surface area contributed by atoms with Gasteiger partial charge in [0.2, 0.25) is 0 Å². The van der Waals surface area contributed by atoms with Crippen LogP contribution in [0.25, 0.3) is 23.3 Å². The van der Waals surface area contributed by atoms with Crippen molar-refractivity contribution in [2.75, 3.05) is 6.61 Å². The minimum Gasteiger partial charge on any atom is -0.494 e. The summed E-state index contributed by atoms with van der Waals surface area (Å²) in [7, 11) is 0. The van der Waals surface area contributed by atoms with Crippen molar-refractivity contribution in [1.82, 2.24) is 0 Å². The van der Waals surface area contributed by atoms with Crippen LogP contribution >= 0.6 is 0 Å². The lowest BCUT2D eigenvalue weighted by molar-refractivity contribution is 0.273. The largest absolute Gasteiger partial charge is 0.494 e.